The Bertz CT molecular complexity index is 662. The van der Waals surface area contributed by atoms with E-state index in [1.807, 2.05) is 0 Å². The summed E-state index contributed by atoms with van der Waals surface area (Å²) in [6.45, 7) is 1.75. The molecular formula is C10H13F3N4O2S2. The summed E-state index contributed by atoms with van der Waals surface area (Å²) in [6.07, 6.45) is 2.59. The van der Waals surface area contributed by atoms with Crippen LogP contribution in [0.5, 0.6) is 0 Å². The third kappa shape index (κ3) is 4.20. The minimum atomic E-state index is -4.51. The third-order valence-electron chi connectivity index (χ3n) is 2.75. The smallest absolute Gasteiger partial charge is 0.309 e. The van der Waals surface area contributed by atoms with E-state index in [1.54, 1.807) is 4.68 Å². The second-order valence-electron chi connectivity index (χ2n) is 4.38. The van der Waals surface area contributed by atoms with Crippen LogP contribution in [0.25, 0.3) is 0 Å². The molecule has 2 rings (SSSR count). The van der Waals surface area contributed by atoms with E-state index >= 15 is 0 Å². The van der Waals surface area contributed by atoms with Gasteiger partial charge in [0.1, 0.15) is 0 Å². The SMILES string of the molecule is CS(=O)(=NC(=O)CSC(F)(F)F)c1cnn2c1CNCC2. The molecule has 6 nitrogen and oxygen atoms in total. The fourth-order valence-electron chi connectivity index (χ4n) is 1.89. The molecule has 1 atom stereocenters. The Morgan fingerprint density at radius 2 is 2.33 bits per heavy atom. The molecule has 1 N–H and O–H groups in total. The summed E-state index contributed by atoms with van der Waals surface area (Å²) < 4.78 is 53.7. The molecule has 2 heterocycles. The van der Waals surface area contributed by atoms with Gasteiger partial charge in [0.2, 0.25) is 0 Å². The Kier molecular flexibility index (Phi) is 4.63. The lowest BCUT2D eigenvalue weighted by Gasteiger charge is -2.16. The van der Waals surface area contributed by atoms with Crippen LogP contribution in [0.1, 0.15) is 5.69 Å². The first-order valence-electron chi connectivity index (χ1n) is 5.90. The summed E-state index contributed by atoms with van der Waals surface area (Å²) in [5.74, 6) is -1.93. The molecule has 0 radical (unpaired) electrons. The Labute approximate surface area is 123 Å². The summed E-state index contributed by atoms with van der Waals surface area (Å²) in [5.41, 5.74) is -3.87. The number of alkyl halides is 3. The normalized spacial score (nSPS) is 17.9. The van der Waals surface area contributed by atoms with Crippen LogP contribution in [0.4, 0.5) is 13.2 Å². The van der Waals surface area contributed by atoms with Gasteiger partial charge in [-0.05, 0) is 11.8 Å². The molecule has 1 aromatic rings. The molecule has 0 aromatic carbocycles. The van der Waals surface area contributed by atoms with E-state index in [0.717, 1.165) is 6.54 Å². The maximum Gasteiger partial charge on any atom is 0.442 e. The molecular weight excluding hydrogens is 329 g/mol. The predicted molar refractivity (Wildman–Crippen MR) is 72.2 cm³/mol. The number of thioether (sulfide) groups is 1. The van der Waals surface area contributed by atoms with Crippen molar-refractivity contribution in [2.24, 2.45) is 4.36 Å². The second-order valence-corrected chi connectivity index (χ2v) is 7.65. The fraction of sp³-hybridized carbons (Fsp3) is 0.600. The van der Waals surface area contributed by atoms with Gasteiger partial charge in [0.05, 0.1) is 38.8 Å². The van der Waals surface area contributed by atoms with Crippen LogP contribution in [0, 0.1) is 0 Å². The van der Waals surface area contributed by atoms with Crippen LogP contribution >= 0.6 is 11.8 Å². The van der Waals surface area contributed by atoms with Gasteiger partial charge in [-0.2, -0.15) is 22.6 Å². The molecule has 11 heteroatoms. The van der Waals surface area contributed by atoms with Crippen LogP contribution in [0.2, 0.25) is 0 Å². The van der Waals surface area contributed by atoms with Crippen molar-refractivity contribution in [2.75, 3.05) is 18.6 Å². The summed E-state index contributed by atoms with van der Waals surface area (Å²) in [7, 11) is -3.10. The predicted octanol–water partition coefficient (Wildman–Crippen LogP) is 1.22. The van der Waals surface area contributed by atoms with Crippen molar-refractivity contribution in [3.63, 3.8) is 0 Å². The van der Waals surface area contributed by atoms with E-state index in [0.29, 0.717) is 23.7 Å². The van der Waals surface area contributed by atoms with Crippen LogP contribution in [-0.4, -0.2) is 44.0 Å². The highest BCUT2D eigenvalue weighted by Crippen LogP contribution is 2.30. The number of carbonyl (C=O) groups excluding carboxylic acids is 1. The van der Waals surface area contributed by atoms with E-state index in [9.17, 15) is 22.2 Å². The molecule has 0 bridgehead atoms. The lowest BCUT2D eigenvalue weighted by atomic mass is 10.3. The van der Waals surface area contributed by atoms with Crippen molar-refractivity contribution in [3.8, 4) is 0 Å². The minimum Gasteiger partial charge on any atom is -0.309 e. The number of nitrogens with zero attached hydrogens (tertiary/aromatic N) is 3. The molecule has 0 spiro atoms. The monoisotopic (exact) mass is 342 g/mol. The average Bonchev–Trinajstić information content (AvgIpc) is 2.79. The summed E-state index contributed by atoms with van der Waals surface area (Å²) in [4.78, 5) is 11.8. The summed E-state index contributed by atoms with van der Waals surface area (Å²) in [6, 6.07) is 0. The van der Waals surface area contributed by atoms with Crippen molar-refractivity contribution in [2.45, 2.75) is 23.5 Å². The van der Waals surface area contributed by atoms with Gasteiger partial charge in [-0.15, -0.1) is 0 Å². The highest BCUT2D eigenvalue weighted by Gasteiger charge is 2.29. The summed E-state index contributed by atoms with van der Waals surface area (Å²) >= 11 is -0.494. The van der Waals surface area contributed by atoms with Crippen molar-refractivity contribution in [1.29, 1.82) is 0 Å². The first-order valence-corrected chi connectivity index (χ1v) is 8.81. The fourth-order valence-corrected chi connectivity index (χ4v) is 3.73. The lowest BCUT2D eigenvalue weighted by molar-refractivity contribution is -0.115. The maximum absolute atomic E-state index is 12.5. The maximum atomic E-state index is 12.5. The standard InChI is InChI=1S/C10H13F3N4O2S2/c1-21(19,16-9(18)6-20-10(11,12)13)8-5-15-17-3-2-14-4-7(8)17/h5,14H,2-4,6H2,1H3. The Morgan fingerprint density at radius 3 is 3.00 bits per heavy atom. The molecule has 118 valence electrons. The van der Waals surface area contributed by atoms with Gasteiger partial charge in [-0.1, -0.05) is 0 Å². The molecule has 0 aliphatic carbocycles. The van der Waals surface area contributed by atoms with E-state index in [4.69, 9.17) is 0 Å². The molecule has 0 saturated heterocycles. The zero-order valence-electron chi connectivity index (χ0n) is 11.0. The summed E-state index contributed by atoms with van der Waals surface area (Å²) in [5, 5.41) is 7.13. The quantitative estimate of drug-likeness (QED) is 0.894. The molecule has 1 amide bonds. The molecule has 1 unspecified atom stereocenters. The van der Waals surface area contributed by atoms with Gasteiger partial charge in [0.25, 0.3) is 5.91 Å². The van der Waals surface area contributed by atoms with Gasteiger partial charge in [0, 0.05) is 19.3 Å². The topological polar surface area (TPSA) is 76.3 Å². The second kappa shape index (κ2) is 5.97. The molecule has 0 saturated carbocycles. The largest absolute Gasteiger partial charge is 0.442 e. The van der Waals surface area contributed by atoms with Gasteiger partial charge < -0.3 is 5.32 Å². The number of rotatable bonds is 3. The number of aromatic nitrogens is 2. The van der Waals surface area contributed by atoms with Gasteiger partial charge >= 0.3 is 5.51 Å². The van der Waals surface area contributed by atoms with Crippen LogP contribution in [0.3, 0.4) is 0 Å². The van der Waals surface area contributed by atoms with E-state index in [2.05, 4.69) is 14.8 Å². The Balaban J connectivity index is 2.21. The minimum absolute atomic E-state index is 0.292. The van der Waals surface area contributed by atoms with Crippen LogP contribution in [-0.2, 0) is 27.6 Å². The molecule has 1 aliphatic rings. The number of halogens is 3. The number of hydrogen-bond donors (Lipinski definition) is 1. The molecule has 1 aromatic heterocycles. The highest BCUT2D eigenvalue weighted by molar-refractivity contribution is 8.00. The average molecular weight is 342 g/mol. The third-order valence-corrected chi connectivity index (χ3v) is 5.17. The number of fused-ring (bicyclic) bond motifs is 1. The Hall–Kier alpha value is -1.07. The zero-order valence-corrected chi connectivity index (χ0v) is 12.6. The molecule has 0 fully saturated rings. The van der Waals surface area contributed by atoms with E-state index in [-0.39, 0.29) is 0 Å². The van der Waals surface area contributed by atoms with Gasteiger partial charge in [0.15, 0.2) is 0 Å². The zero-order chi connectivity index (χ0) is 15.7. The lowest BCUT2D eigenvalue weighted by Crippen LogP contribution is -2.29. The van der Waals surface area contributed by atoms with Crippen LogP contribution < -0.4 is 5.32 Å². The first kappa shape index (κ1) is 16.3. The highest BCUT2D eigenvalue weighted by atomic mass is 32.2. The first-order chi connectivity index (χ1) is 9.69. The Morgan fingerprint density at radius 1 is 1.62 bits per heavy atom. The van der Waals surface area contributed by atoms with Crippen molar-refractivity contribution in [3.05, 3.63) is 11.9 Å². The van der Waals surface area contributed by atoms with Gasteiger partial charge in [-0.25, -0.2) is 4.21 Å². The number of hydrogen-bond acceptors (Lipinski definition) is 5. The number of carbonyl (C=O) groups is 1. The van der Waals surface area contributed by atoms with Gasteiger partial charge in [-0.3, -0.25) is 9.48 Å². The van der Waals surface area contributed by atoms with Crippen molar-refractivity contribution >= 4 is 27.4 Å². The number of amides is 1. The van der Waals surface area contributed by atoms with Crippen molar-refractivity contribution in [1.82, 2.24) is 15.1 Å². The van der Waals surface area contributed by atoms with E-state index in [1.165, 1.54) is 12.5 Å². The molecule has 21 heavy (non-hydrogen) atoms. The van der Waals surface area contributed by atoms with Crippen molar-refractivity contribution < 1.29 is 22.2 Å². The van der Waals surface area contributed by atoms with E-state index < -0.39 is 38.7 Å². The number of nitrogens with one attached hydrogen (secondary N) is 1. The molecule has 1 aliphatic heterocycles. The van der Waals surface area contributed by atoms with Crippen LogP contribution in [0.15, 0.2) is 15.5 Å².